The lowest BCUT2D eigenvalue weighted by Gasteiger charge is -2.02. The lowest BCUT2D eigenvalue weighted by atomic mass is 10.7. The van der Waals surface area contributed by atoms with E-state index >= 15 is 0 Å². The summed E-state index contributed by atoms with van der Waals surface area (Å²) in [6.07, 6.45) is 2.64. The molecular formula is C6H6BrN5O2S2. The van der Waals surface area contributed by atoms with Crippen molar-refractivity contribution in [2.45, 2.75) is 4.90 Å². The maximum atomic E-state index is 11.8. The summed E-state index contributed by atoms with van der Waals surface area (Å²) in [5, 5.41) is 6.14. The zero-order valence-electron chi connectivity index (χ0n) is 7.64. The predicted molar refractivity (Wildman–Crippen MR) is 63.6 cm³/mol. The van der Waals surface area contributed by atoms with Gasteiger partial charge in [-0.05, 0) is 15.9 Å². The Morgan fingerprint density at radius 1 is 1.50 bits per heavy atom. The molecule has 0 unspecified atom stereocenters. The van der Waals surface area contributed by atoms with Gasteiger partial charge in [0.15, 0.2) is 5.13 Å². The SMILES string of the molecule is Nc1[nH]ncc1S(=O)(=O)Nc1ncc(Br)s1. The quantitative estimate of drug-likeness (QED) is 0.780. The molecule has 0 spiro atoms. The number of halogens is 1. The van der Waals surface area contributed by atoms with Gasteiger partial charge in [-0.3, -0.25) is 9.82 Å². The maximum Gasteiger partial charge on any atom is 0.268 e. The number of anilines is 2. The molecule has 0 fully saturated rings. The predicted octanol–water partition coefficient (Wildman–Crippen LogP) is 1.01. The van der Waals surface area contributed by atoms with Gasteiger partial charge in [-0.2, -0.15) is 5.10 Å². The summed E-state index contributed by atoms with van der Waals surface area (Å²) < 4.78 is 26.6. The van der Waals surface area contributed by atoms with E-state index in [0.29, 0.717) is 0 Å². The molecular weight excluding hydrogens is 318 g/mol. The minimum atomic E-state index is -3.73. The fraction of sp³-hybridized carbons (Fsp3) is 0. The average Bonchev–Trinajstić information content (AvgIpc) is 2.74. The van der Waals surface area contributed by atoms with Gasteiger partial charge < -0.3 is 5.73 Å². The Hall–Kier alpha value is -1.13. The maximum absolute atomic E-state index is 11.8. The summed E-state index contributed by atoms with van der Waals surface area (Å²) in [4.78, 5) is 3.75. The number of nitrogens with one attached hydrogen (secondary N) is 2. The molecule has 0 amide bonds. The Labute approximate surface area is 103 Å². The Kier molecular flexibility index (Phi) is 2.86. The molecule has 0 radical (unpaired) electrons. The van der Waals surface area contributed by atoms with Crippen molar-refractivity contribution in [2.75, 3.05) is 10.5 Å². The third-order valence-corrected chi connectivity index (χ3v) is 4.51. The van der Waals surface area contributed by atoms with Crippen molar-refractivity contribution in [1.82, 2.24) is 15.2 Å². The summed E-state index contributed by atoms with van der Waals surface area (Å²) in [6, 6.07) is 0. The van der Waals surface area contributed by atoms with Crippen LogP contribution >= 0.6 is 27.3 Å². The smallest absolute Gasteiger partial charge is 0.268 e. The second-order valence-electron chi connectivity index (χ2n) is 2.72. The van der Waals surface area contributed by atoms with E-state index in [9.17, 15) is 8.42 Å². The standard InChI is InChI=1S/C6H6BrN5O2S2/c7-4-2-9-6(15-4)12-16(13,14)3-1-10-11-5(3)8/h1-2H,(H,9,12)(H3,8,10,11). The highest BCUT2D eigenvalue weighted by Gasteiger charge is 2.20. The Morgan fingerprint density at radius 3 is 2.75 bits per heavy atom. The van der Waals surface area contributed by atoms with Crippen molar-refractivity contribution >= 4 is 48.2 Å². The molecule has 0 aliphatic carbocycles. The van der Waals surface area contributed by atoms with E-state index in [-0.39, 0.29) is 15.8 Å². The fourth-order valence-electron chi connectivity index (χ4n) is 0.971. The largest absolute Gasteiger partial charge is 0.383 e. The van der Waals surface area contributed by atoms with Crippen molar-refractivity contribution in [3.63, 3.8) is 0 Å². The highest BCUT2D eigenvalue weighted by atomic mass is 79.9. The zero-order chi connectivity index (χ0) is 11.8. The molecule has 0 aromatic carbocycles. The number of nitrogens with zero attached hydrogens (tertiary/aromatic N) is 2. The first-order chi connectivity index (χ1) is 7.49. The van der Waals surface area contributed by atoms with Gasteiger partial charge in [-0.1, -0.05) is 11.3 Å². The third kappa shape index (κ3) is 2.18. The molecule has 0 aliphatic heterocycles. The molecule has 86 valence electrons. The van der Waals surface area contributed by atoms with Crippen LogP contribution in [0.2, 0.25) is 0 Å². The van der Waals surface area contributed by atoms with Crippen molar-refractivity contribution in [2.24, 2.45) is 0 Å². The van der Waals surface area contributed by atoms with Gasteiger partial charge >= 0.3 is 0 Å². The number of hydrogen-bond donors (Lipinski definition) is 3. The Balaban J connectivity index is 2.31. The normalized spacial score (nSPS) is 11.6. The molecule has 2 heterocycles. The van der Waals surface area contributed by atoms with Crippen LogP contribution in [0.5, 0.6) is 0 Å². The molecule has 0 aliphatic rings. The lowest BCUT2D eigenvalue weighted by Crippen LogP contribution is -2.13. The molecule has 0 atom stereocenters. The average molecular weight is 324 g/mol. The molecule has 2 aromatic heterocycles. The van der Waals surface area contributed by atoms with Crippen LogP contribution in [0.25, 0.3) is 0 Å². The van der Waals surface area contributed by atoms with Crippen LogP contribution in [-0.2, 0) is 10.0 Å². The molecule has 2 aromatic rings. The van der Waals surface area contributed by atoms with Gasteiger partial charge in [-0.25, -0.2) is 13.4 Å². The van der Waals surface area contributed by atoms with Gasteiger partial charge in [0.05, 0.1) is 16.2 Å². The molecule has 0 saturated carbocycles. The molecule has 16 heavy (non-hydrogen) atoms. The minimum absolute atomic E-state index is 0.0110. The highest BCUT2D eigenvalue weighted by molar-refractivity contribution is 9.11. The number of sulfonamides is 1. The second kappa shape index (κ2) is 4.03. The van der Waals surface area contributed by atoms with Crippen LogP contribution in [0.3, 0.4) is 0 Å². The van der Waals surface area contributed by atoms with E-state index in [2.05, 4.69) is 35.8 Å². The first-order valence-corrected chi connectivity index (χ1v) is 7.01. The number of thiazole rings is 1. The van der Waals surface area contributed by atoms with Crippen LogP contribution in [0.1, 0.15) is 0 Å². The van der Waals surface area contributed by atoms with E-state index in [1.807, 2.05) is 0 Å². The van der Waals surface area contributed by atoms with Crippen molar-refractivity contribution in [1.29, 1.82) is 0 Å². The number of rotatable bonds is 3. The van der Waals surface area contributed by atoms with E-state index in [4.69, 9.17) is 5.73 Å². The van der Waals surface area contributed by atoms with Gasteiger partial charge in [0.1, 0.15) is 10.7 Å². The number of hydrogen-bond acceptors (Lipinski definition) is 6. The van der Waals surface area contributed by atoms with E-state index in [1.165, 1.54) is 6.20 Å². The van der Waals surface area contributed by atoms with E-state index in [0.717, 1.165) is 21.3 Å². The van der Waals surface area contributed by atoms with Crippen molar-refractivity contribution in [3.8, 4) is 0 Å². The Morgan fingerprint density at radius 2 is 2.25 bits per heavy atom. The fourth-order valence-corrected chi connectivity index (χ4v) is 3.34. The number of nitrogens with two attached hydrogens (primary N) is 1. The first kappa shape index (κ1) is 11.4. The van der Waals surface area contributed by atoms with Crippen LogP contribution in [0.15, 0.2) is 21.1 Å². The highest BCUT2D eigenvalue weighted by Crippen LogP contribution is 2.26. The molecule has 2 rings (SSSR count). The van der Waals surface area contributed by atoms with Crippen molar-refractivity contribution < 1.29 is 8.42 Å². The monoisotopic (exact) mass is 323 g/mol. The van der Waals surface area contributed by atoms with Gasteiger partial charge in [-0.15, -0.1) is 0 Å². The summed E-state index contributed by atoms with van der Waals surface area (Å²) in [5.74, 6) is -0.0110. The third-order valence-electron chi connectivity index (χ3n) is 1.62. The first-order valence-electron chi connectivity index (χ1n) is 3.92. The molecule has 4 N–H and O–H groups in total. The second-order valence-corrected chi connectivity index (χ2v) is 6.78. The van der Waals surface area contributed by atoms with Crippen LogP contribution in [0.4, 0.5) is 10.9 Å². The van der Waals surface area contributed by atoms with Gasteiger partial charge in [0.2, 0.25) is 0 Å². The topological polar surface area (TPSA) is 114 Å². The molecule has 7 nitrogen and oxygen atoms in total. The number of aromatic amines is 1. The lowest BCUT2D eigenvalue weighted by molar-refractivity contribution is 0.601. The molecule has 0 saturated heterocycles. The number of nitrogen functional groups attached to an aromatic ring is 1. The van der Waals surface area contributed by atoms with Crippen LogP contribution in [0, 0.1) is 0 Å². The van der Waals surface area contributed by atoms with E-state index < -0.39 is 10.0 Å². The summed E-state index contributed by atoms with van der Waals surface area (Å²) in [6.45, 7) is 0. The summed E-state index contributed by atoms with van der Waals surface area (Å²) >= 11 is 4.34. The van der Waals surface area contributed by atoms with E-state index in [1.54, 1.807) is 0 Å². The summed E-state index contributed by atoms with van der Waals surface area (Å²) in [7, 11) is -3.73. The number of H-pyrrole nitrogens is 1. The van der Waals surface area contributed by atoms with Crippen molar-refractivity contribution in [3.05, 3.63) is 16.2 Å². The minimum Gasteiger partial charge on any atom is -0.383 e. The summed E-state index contributed by atoms with van der Waals surface area (Å²) in [5.41, 5.74) is 5.42. The number of aromatic nitrogens is 3. The molecule has 10 heteroatoms. The Bertz CT molecular complexity index is 604. The molecule has 0 bridgehead atoms. The zero-order valence-corrected chi connectivity index (χ0v) is 10.9. The van der Waals surface area contributed by atoms with Crippen LogP contribution < -0.4 is 10.5 Å². The van der Waals surface area contributed by atoms with Gasteiger partial charge in [0.25, 0.3) is 10.0 Å². The van der Waals surface area contributed by atoms with Gasteiger partial charge in [0, 0.05) is 0 Å². The van der Waals surface area contributed by atoms with Crippen LogP contribution in [-0.4, -0.2) is 23.6 Å².